The van der Waals surface area contributed by atoms with Crippen molar-refractivity contribution in [1.82, 2.24) is 0 Å². The molecule has 0 heterocycles. The summed E-state index contributed by atoms with van der Waals surface area (Å²) in [4.78, 5) is 46.5. The first-order valence-electron chi connectivity index (χ1n) is 21.6. The zero-order chi connectivity index (χ0) is 40.0. The first-order valence-corrected chi connectivity index (χ1v) is 23.1. The second-order valence-corrected chi connectivity index (χ2v) is 16.2. The van der Waals surface area contributed by atoms with Gasteiger partial charge in [-0.05, 0) is 71.1 Å². The van der Waals surface area contributed by atoms with Crippen molar-refractivity contribution in [2.24, 2.45) is 5.73 Å². The topological polar surface area (TPSA) is 151 Å². The van der Waals surface area contributed by atoms with Crippen LogP contribution in [0.15, 0.2) is 24.3 Å². The summed E-state index contributed by atoms with van der Waals surface area (Å²) in [6.45, 7) is 4.38. The Morgan fingerprint density at radius 2 is 0.926 bits per heavy atom. The summed E-state index contributed by atoms with van der Waals surface area (Å²) in [5.41, 5.74) is 5.58. The summed E-state index contributed by atoms with van der Waals surface area (Å²) in [5, 5.41) is 0. The van der Waals surface area contributed by atoms with E-state index in [9.17, 15) is 23.8 Å². The van der Waals surface area contributed by atoms with Crippen LogP contribution in [0.3, 0.4) is 0 Å². The second-order valence-electron chi connectivity index (χ2n) is 14.7. The van der Waals surface area contributed by atoms with Crippen LogP contribution in [-0.4, -0.2) is 54.6 Å². The number of hydrogen-bond acceptors (Lipinski definition) is 9. The van der Waals surface area contributed by atoms with Gasteiger partial charge in [0, 0.05) is 12.8 Å². The van der Waals surface area contributed by atoms with Crippen molar-refractivity contribution in [3.8, 4) is 0 Å². The molecule has 10 nitrogen and oxygen atoms in total. The molecule has 0 bridgehead atoms. The van der Waals surface area contributed by atoms with Crippen LogP contribution >= 0.6 is 7.82 Å². The molecule has 3 N–H and O–H groups in total. The first-order chi connectivity index (χ1) is 26.1. The van der Waals surface area contributed by atoms with Crippen molar-refractivity contribution < 1.29 is 42.4 Å². The fourth-order valence-corrected chi connectivity index (χ4v) is 6.58. The third kappa shape index (κ3) is 37.1. The molecule has 0 saturated carbocycles. The maximum absolute atomic E-state index is 12.6. The van der Waals surface area contributed by atoms with E-state index in [0.717, 1.165) is 70.6 Å². The summed E-state index contributed by atoms with van der Waals surface area (Å²) in [5.74, 6) is -1.33. The predicted octanol–water partition coefficient (Wildman–Crippen LogP) is 11.6. The van der Waals surface area contributed by atoms with Crippen LogP contribution in [-0.2, 0) is 37.5 Å². The Bertz CT molecular complexity index is 1020. The lowest BCUT2D eigenvalue weighted by molar-refractivity contribution is -0.161. The molecule has 0 saturated heterocycles. The minimum atomic E-state index is -4.60. The number of rotatable bonds is 40. The molecule has 0 aliphatic carbocycles. The summed E-state index contributed by atoms with van der Waals surface area (Å²) in [6.07, 6.45) is 38.5. The van der Waals surface area contributed by atoms with Crippen LogP contribution < -0.4 is 5.73 Å². The number of phosphoric acid groups is 1. The number of Topliss-reactive ketones (excluding diaryl/α,β-unsaturated/α-hetero) is 1. The predicted molar refractivity (Wildman–Crippen MR) is 220 cm³/mol. The minimum Gasteiger partial charge on any atom is -0.462 e. The van der Waals surface area contributed by atoms with Gasteiger partial charge >= 0.3 is 19.8 Å². The van der Waals surface area contributed by atoms with E-state index in [4.69, 9.17) is 24.3 Å². The lowest BCUT2D eigenvalue weighted by atomic mass is 10.1. The van der Waals surface area contributed by atoms with Crippen molar-refractivity contribution in [2.75, 3.05) is 19.8 Å². The summed E-state index contributed by atoms with van der Waals surface area (Å²) >= 11 is 0. The summed E-state index contributed by atoms with van der Waals surface area (Å²) in [7, 11) is -4.60. The number of phosphoric ester groups is 1. The molecule has 0 spiro atoms. The quantitative estimate of drug-likeness (QED) is 0.0266. The highest BCUT2D eigenvalue weighted by Crippen LogP contribution is 2.43. The molecule has 1 unspecified atom stereocenters. The van der Waals surface area contributed by atoms with E-state index in [-0.39, 0.29) is 19.4 Å². The largest absolute Gasteiger partial charge is 0.472 e. The molecule has 0 rings (SSSR count). The van der Waals surface area contributed by atoms with Gasteiger partial charge in [-0.3, -0.25) is 23.4 Å². The number of carbonyl (C=O) groups excluding carboxylic acids is 3. The van der Waals surface area contributed by atoms with Crippen molar-refractivity contribution in [3.05, 3.63) is 24.3 Å². The molecule has 0 aromatic carbocycles. The SMILES string of the molecule is CCCCCCCC/C=C\CCCCCCCC(=O)OC[C@H](COP(=O)(O)OC[C@H](N)C(C)=O)OC(=O)CCCCCCC/C=C\CCCCCCCC. The van der Waals surface area contributed by atoms with Gasteiger partial charge in [0.2, 0.25) is 0 Å². The Balaban J connectivity index is 4.40. The highest BCUT2D eigenvalue weighted by Gasteiger charge is 2.27. The van der Waals surface area contributed by atoms with E-state index < -0.39 is 50.9 Å². The summed E-state index contributed by atoms with van der Waals surface area (Å²) in [6, 6.07) is -1.08. The van der Waals surface area contributed by atoms with E-state index in [1.807, 2.05) is 0 Å². The van der Waals surface area contributed by atoms with Crippen molar-refractivity contribution in [3.63, 3.8) is 0 Å². The van der Waals surface area contributed by atoms with Crippen LogP contribution in [0.4, 0.5) is 0 Å². The summed E-state index contributed by atoms with van der Waals surface area (Å²) < 4.78 is 33.0. The van der Waals surface area contributed by atoms with E-state index in [0.29, 0.717) is 12.8 Å². The number of carbonyl (C=O) groups is 3. The van der Waals surface area contributed by atoms with Gasteiger partial charge < -0.3 is 20.1 Å². The third-order valence-electron chi connectivity index (χ3n) is 9.38. The fraction of sp³-hybridized carbons (Fsp3) is 0.837. The number of allylic oxidation sites excluding steroid dienone is 4. The first kappa shape index (κ1) is 52.2. The molecule has 54 heavy (non-hydrogen) atoms. The van der Waals surface area contributed by atoms with Crippen LogP contribution in [0, 0.1) is 0 Å². The van der Waals surface area contributed by atoms with Crippen molar-refractivity contribution in [1.29, 1.82) is 0 Å². The zero-order valence-electron chi connectivity index (χ0n) is 34.6. The van der Waals surface area contributed by atoms with Crippen LogP contribution in [0.25, 0.3) is 0 Å². The average molecular weight is 786 g/mol. The second kappa shape index (κ2) is 38.1. The maximum Gasteiger partial charge on any atom is 0.472 e. The van der Waals surface area contributed by atoms with Crippen molar-refractivity contribution >= 4 is 25.5 Å². The van der Waals surface area contributed by atoms with Gasteiger partial charge in [0.05, 0.1) is 19.3 Å². The molecule has 0 aliphatic heterocycles. The van der Waals surface area contributed by atoms with E-state index in [2.05, 4.69) is 38.2 Å². The van der Waals surface area contributed by atoms with Crippen LogP contribution in [0.5, 0.6) is 0 Å². The highest BCUT2D eigenvalue weighted by atomic mass is 31.2. The molecule has 11 heteroatoms. The Kier molecular flexibility index (Phi) is 36.8. The Hall–Kier alpha value is -1.84. The van der Waals surface area contributed by atoms with Crippen LogP contribution in [0.1, 0.15) is 201 Å². The normalized spacial score (nSPS) is 14.0. The molecule has 3 atom stereocenters. The van der Waals surface area contributed by atoms with Gasteiger partial charge in [0.25, 0.3) is 0 Å². The van der Waals surface area contributed by atoms with Gasteiger partial charge in [0.15, 0.2) is 6.10 Å². The molecule has 0 aromatic heterocycles. The number of hydrogen-bond donors (Lipinski definition) is 2. The molecular weight excluding hydrogens is 705 g/mol. The monoisotopic (exact) mass is 786 g/mol. The molecule has 0 aromatic rings. The Labute approximate surface area is 329 Å². The Morgan fingerprint density at radius 1 is 0.556 bits per heavy atom. The number of nitrogens with two attached hydrogens (primary N) is 1. The zero-order valence-corrected chi connectivity index (χ0v) is 35.5. The molecule has 0 amide bonds. The molecule has 0 fully saturated rings. The van der Waals surface area contributed by atoms with Gasteiger partial charge in [-0.15, -0.1) is 0 Å². The van der Waals surface area contributed by atoms with E-state index >= 15 is 0 Å². The average Bonchev–Trinajstić information content (AvgIpc) is 3.14. The van der Waals surface area contributed by atoms with Gasteiger partial charge in [0.1, 0.15) is 12.4 Å². The number of esters is 2. The molecule has 316 valence electrons. The van der Waals surface area contributed by atoms with Crippen molar-refractivity contribution in [2.45, 2.75) is 213 Å². The van der Waals surface area contributed by atoms with Gasteiger partial charge in [-0.1, -0.05) is 141 Å². The molecule has 0 radical (unpaired) electrons. The lowest BCUT2D eigenvalue weighted by Gasteiger charge is -2.20. The van der Waals surface area contributed by atoms with Crippen LogP contribution in [0.2, 0.25) is 0 Å². The third-order valence-corrected chi connectivity index (χ3v) is 10.3. The lowest BCUT2D eigenvalue weighted by Crippen LogP contribution is -2.33. The number of unbranched alkanes of at least 4 members (excludes halogenated alkanes) is 22. The fourth-order valence-electron chi connectivity index (χ4n) is 5.81. The molecular formula is C43H80NO9P. The number of ketones is 1. The molecule has 0 aliphatic rings. The van der Waals surface area contributed by atoms with E-state index in [1.54, 1.807) is 0 Å². The van der Waals surface area contributed by atoms with Gasteiger partial charge in [-0.2, -0.15) is 0 Å². The van der Waals surface area contributed by atoms with E-state index in [1.165, 1.54) is 90.4 Å². The minimum absolute atomic E-state index is 0.179. The number of ether oxygens (including phenoxy) is 2. The Morgan fingerprint density at radius 3 is 1.35 bits per heavy atom. The maximum atomic E-state index is 12.6. The highest BCUT2D eigenvalue weighted by molar-refractivity contribution is 7.47. The standard InChI is InChI=1S/C43H80NO9P/c1-4-6-8-10-12-14-16-18-20-22-24-26-28-30-32-34-42(46)50-36-40(37-51-54(48,49)52-38-41(44)39(3)45)53-43(47)35-33-31-29-27-25-23-21-19-17-15-13-11-9-7-5-2/h18-21,40-41H,4-17,22-38,44H2,1-3H3,(H,48,49)/b20-18-,21-19-/t40-,41+/m1/s1. The van der Waals surface area contributed by atoms with Gasteiger partial charge in [-0.25, -0.2) is 4.57 Å². The smallest absolute Gasteiger partial charge is 0.462 e.